The van der Waals surface area contributed by atoms with Gasteiger partial charge in [-0.15, -0.1) is 0 Å². The second-order valence-electron chi connectivity index (χ2n) is 5.99. The number of ether oxygens (including phenoxy) is 1. The van der Waals surface area contributed by atoms with Crippen LogP contribution in [0.4, 0.5) is 0 Å². The fourth-order valence-electron chi connectivity index (χ4n) is 2.83. The van der Waals surface area contributed by atoms with E-state index in [0.717, 1.165) is 16.4 Å². The summed E-state index contributed by atoms with van der Waals surface area (Å²) in [5.74, 6) is 1.01. The lowest BCUT2D eigenvalue weighted by Gasteiger charge is -2.08. The smallest absolute Gasteiger partial charge is 0.131 e. The first-order chi connectivity index (χ1) is 12.0. The monoisotopic (exact) mass is 352 g/mol. The van der Waals surface area contributed by atoms with Crippen molar-refractivity contribution in [1.82, 2.24) is 0 Å². The van der Waals surface area contributed by atoms with Crippen LogP contribution in [0.25, 0.3) is 0 Å². The quantitative estimate of drug-likeness (QED) is 0.632. The maximum atomic E-state index is 12.0. The van der Waals surface area contributed by atoms with Crippen molar-refractivity contribution in [1.29, 1.82) is 0 Å². The van der Waals surface area contributed by atoms with Gasteiger partial charge in [0, 0.05) is 10.6 Å². The topological polar surface area (TPSA) is 26.3 Å². The lowest BCUT2D eigenvalue weighted by Crippen LogP contribution is -2.04. The zero-order valence-electron chi connectivity index (χ0n) is 15.2. The minimum Gasteiger partial charge on any atom is -0.496 e. The zero-order valence-corrected chi connectivity index (χ0v) is 16.2. The molecule has 0 saturated heterocycles. The summed E-state index contributed by atoms with van der Waals surface area (Å²) in [6.07, 6.45) is 0. The van der Waals surface area contributed by atoms with E-state index in [1.165, 1.54) is 16.7 Å². The van der Waals surface area contributed by atoms with Crippen molar-refractivity contribution in [3.05, 3.63) is 89.5 Å². The molecule has 0 radical (unpaired) electrons. The van der Waals surface area contributed by atoms with Crippen molar-refractivity contribution in [2.24, 2.45) is 0 Å². The van der Waals surface area contributed by atoms with E-state index in [-0.39, 0.29) is 0 Å². The lowest BCUT2D eigenvalue weighted by atomic mass is 10.1. The number of methoxy groups -OCH3 is 1. The van der Waals surface area contributed by atoms with E-state index in [4.69, 9.17) is 4.74 Å². The van der Waals surface area contributed by atoms with Gasteiger partial charge in [-0.25, -0.2) is 0 Å². The molecule has 25 heavy (non-hydrogen) atoms. The van der Waals surface area contributed by atoms with Crippen LogP contribution in [0.2, 0.25) is 0 Å². The van der Waals surface area contributed by atoms with E-state index in [1.807, 2.05) is 60.7 Å². The van der Waals surface area contributed by atoms with Crippen molar-refractivity contribution in [3.8, 4) is 5.75 Å². The van der Waals surface area contributed by atoms with Gasteiger partial charge in [-0.1, -0.05) is 78.4 Å². The molecule has 130 valence electrons. The van der Waals surface area contributed by atoms with E-state index in [1.54, 1.807) is 7.11 Å². The Morgan fingerprint density at radius 2 is 1.12 bits per heavy atom. The summed E-state index contributed by atoms with van der Waals surface area (Å²) < 4.78 is 17.3. The molecule has 0 aliphatic carbocycles. The summed E-state index contributed by atoms with van der Waals surface area (Å²) in [4.78, 5) is 0. The van der Waals surface area contributed by atoms with Crippen LogP contribution in [-0.2, 0) is 4.57 Å². The molecule has 0 atom stereocenters. The van der Waals surface area contributed by atoms with Gasteiger partial charge in [0.1, 0.15) is 13.6 Å². The lowest BCUT2D eigenvalue weighted by molar-refractivity contribution is 0.408. The van der Waals surface area contributed by atoms with Crippen LogP contribution in [0, 0.1) is 20.8 Å². The predicted octanol–water partition coefficient (Wildman–Crippen LogP) is 4.82. The Kier molecular flexibility index (Phi) is 7.03. The van der Waals surface area contributed by atoms with E-state index in [9.17, 15) is 4.57 Å². The molecule has 3 aromatic carbocycles. The first-order valence-electron chi connectivity index (χ1n) is 8.29. The summed E-state index contributed by atoms with van der Waals surface area (Å²) >= 11 is 0. The summed E-state index contributed by atoms with van der Waals surface area (Å²) in [6, 6.07) is 23.4. The minimum absolute atomic E-state index is 0.920. The largest absolute Gasteiger partial charge is 0.496 e. The Balaban J connectivity index is 0.000000186. The first kappa shape index (κ1) is 19.0. The molecule has 0 unspecified atom stereocenters. The highest BCUT2D eigenvalue weighted by Gasteiger charge is 2.04. The normalized spacial score (nSPS) is 10.1. The van der Waals surface area contributed by atoms with E-state index in [0.29, 0.717) is 0 Å². The fraction of sp³-hybridized carbons (Fsp3) is 0.182. The molecule has 0 saturated carbocycles. The van der Waals surface area contributed by atoms with Crippen LogP contribution < -0.4 is 15.3 Å². The molecule has 0 amide bonds. The number of rotatable bonds is 3. The number of hydrogen-bond donors (Lipinski definition) is 0. The molecule has 0 N–H and O–H groups in total. The maximum Gasteiger partial charge on any atom is 0.131 e. The number of aryl methyl sites for hydroxylation is 3. The van der Waals surface area contributed by atoms with Crippen molar-refractivity contribution in [2.75, 3.05) is 7.11 Å². The van der Waals surface area contributed by atoms with Crippen LogP contribution in [0.5, 0.6) is 5.75 Å². The van der Waals surface area contributed by atoms with E-state index >= 15 is 0 Å². The van der Waals surface area contributed by atoms with Crippen molar-refractivity contribution >= 4 is 18.4 Å². The molecular weight excluding hydrogens is 327 g/mol. The SMILES string of the molecule is COc1c(C)cc(C)cc1C.O=[PH](c1ccccc1)c1ccccc1. The molecule has 0 heterocycles. The van der Waals surface area contributed by atoms with Crippen LogP contribution in [0.3, 0.4) is 0 Å². The molecule has 0 spiro atoms. The molecule has 0 aliphatic heterocycles. The first-order valence-corrected chi connectivity index (χ1v) is 9.70. The molecular formula is C22H25O2P. The minimum atomic E-state index is -1.79. The maximum absolute atomic E-state index is 12.0. The third kappa shape index (κ3) is 5.34. The Bertz CT molecular complexity index is 763. The van der Waals surface area contributed by atoms with Gasteiger partial charge in [-0.2, -0.15) is 0 Å². The molecule has 0 aliphatic rings. The third-order valence-electron chi connectivity index (χ3n) is 3.88. The van der Waals surface area contributed by atoms with E-state index in [2.05, 4.69) is 32.9 Å². The van der Waals surface area contributed by atoms with Gasteiger partial charge in [-0.3, -0.25) is 0 Å². The third-order valence-corrected chi connectivity index (χ3v) is 5.60. The Labute approximate surface area is 151 Å². The fourth-order valence-corrected chi connectivity index (χ4v) is 4.16. The van der Waals surface area contributed by atoms with Crippen LogP contribution in [-0.4, -0.2) is 7.11 Å². The van der Waals surface area contributed by atoms with E-state index < -0.39 is 7.80 Å². The van der Waals surface area contributed by atoms with Gasteiger partial charge in [-0.05, 0) is 31.9 Å². The highest BCUT2D eigenvalue weighted by atomic mass is 31.1. The van der Waals surface area contributed by atoms with Gasteiger partial charge < -0.3 is 9.30 Å². The van der Waals surface area contributed by atoms with Gasteiger partial charge in [0.05, 0.1) is 7.11 Å². The summed E-state index contributed by atoms with van der Waals surface area (Å²) in [6.45, 7) is 6.23. The van der Waals surface area contributed by atoms with Crippen LogP contribution in [0.1, 0.15) is 16.7 Å². The summed E-state index contributed by atoms with van der Waals surface area (Å²) in [5.41, 5.74) is 3.72. The zero-order chi connectivity index (χ0) is 18.2. The van der Waals surface area contributed by atoms with Gasteiger partial charge in [0.25, 0.3) is 0 Å². The molecule has 0 aromatic heterocycles. The Morgan fingerprint density at radius 1 is 0.720 bits per heavy atom. The van der Waals surface area contributed by atoms with Crippen molar-refractivity contribution < 1.29 is 9.30 Å². The van der Waals surface area contributed by atoms with Gasteiger partial charge >= 0.3 is 0 Å². The average molecular weight is 352 g/mol. The standard InChI is InChI=1S/C12H11OP.C10H14O/c13-14(11-7-3-1-4-8-11)12-9-5-2-6-10-12;1-7-5-8(2)10(11-4)9(3)6-7/h1-10,14H;5-6H,1-4H3. The molecule has 0 fully saturated rings. The second kappa shape index (κ2) is 9.25. The predicted molar refractivity (Wildman–Crippen MR) is 108 cm³/mol. The van der Waals surface area contributed by atoms with Gasteiger partial charge in [0.2, 0.25) is 0 Å². The average Bonchev–Trinajstić information content (AvgIpc) is 2.63. The molecule has 3 rings (SSSR count). The van der Waals surface area contributed by atoms with Crippen LogP contribution >= 0.6 is 7.80 Å². The van der Waals surface area contributed by atoms with Crippen molar-refractivity contribution in [3.63, 3.8) is 0 Å². The summed E-state index contributed by atoms with van der Waals surface area (Å²) in [7, 11) is -0.0818. The van der Waals surface area contributed by atoms with Crippen LogP contribution in [0.15, 0.2) is 72.8 Å². The number of hydrogen-bond acceptors (Lipinski definition) is 2. The van der Waals surface area contributed by atoms with Crippen molar-refractivity contribution in [2.45, 2.75) is 20.8 Å². The number of benzene rings is 3. The van der Waals surface area contributed by atoms with Gasteiger partial charge in [0.15, 0.2) is 0 Å². The Hall–Kier alpha value is -2.31. The molecule has 0 bridgehead atoms. The highest BCUT2D eigenvalue weighted by molar-refractivity contribution is 7.61. The summed E-state index contributed by atoms with van der Waals surface area (Å²) in [5, 5.41) is 1.84. The molecule has 3 aromatic rings. The molecule has 2 nitrogen and oxygen atoms in total. The molecule has 3 heteroatoms. The highest BCUT2D eigenvalue weighted by Crippen LogP contribution is 2.23. The Morgan fingerprint density at radius 3 is 1.48 bits per heavy atom. The second-order valence-corrected chi connectivity index (χ2v) is 7.81.